The Balaban J connectivity index is 1.78. The maximum atomic E-state index is 12.6. The van der Waals surface area contributed by atoms with Crippen LogP contribution in [0.15, 0.2) is 53.4 Å². The van der Waals surface area contributed by atoms with Gasteiger partial charge in [-0.05, 0) is 68.5 Å². The first kappa shape index (κ1) is 17.5. The van der Waals surface area contributed by atoms with Gasteiger partial charge in [0, 0.05) is 17.3 Å². The van der Waals surface area contributed by atoms with E-state index in [9.17, 15) is 13.2 Å². The second kappa shape index (κ2) is 6.88. The molecule has 1 aliphatic carbocycles. The van der Waals surface area contributed by atoms with Crippen molar-refractivity contribution < 1.29 is 13.2 Å². The third-order valence-electron chi connectivity index (χ3n) is 4.36. The number of benzene rings is 2. The third-order valence-corrected chi connectivity index (χ3v) is 5.74. The number of carbonyl (C=O) groups excluding carboxylic acids is 1. The SMILES string of the molecule is Cc1cccc(NS(=O)(=O)c2cccc(C(=O)N[C@H](C)C3CC3)c2)c1. The number of hydrogen-bond donors (Lipinski definition) is 2. The lowest BCUT2D eigenvalue weighted by Gasteiger charge is -2.14. The average Bonchev–Trinajstić information content (AvgIpc) is 3.39. The Bertz CT molecular complexity index is 889. The van der Waals surface area contributed by atoms with Crippen LogP contribution in [-0.4, -0.2) is 20.4 Å². The maximum Gasteiger partial charge on any atom is 0.261 e. The zero-order chi connectivity index (χ0) is 18.0. The van der Waals surface area contributed by atoms with Gasteiger partial charge in [0.1, 0.15) is 0 Å². The summed E-state index contributed by atoms with van der Waals surface area (Å²) in [5.41, 5.74) is 1.80. The van der Waals surface area contributed by atoms with E-state index in [1.165, 1.54) is 12.1 Å². The molecule has 0 spiro atoms. The zero-order valence-electron chi connectivity index (χ0n) is 14.3. The van der Waals surface area contributed by atoms with Crippen molar-refractivity contribution in [3.63, 3.8) is 0 Å². The molecule has 5 nitrogen and oxygen atoms in total. The predicted octanol–water partition coefficient (Wildman–Crippen LogP) is 3.32. The fourth-order valence-corrected chi connectivity index (χ4v) is 3.83. The summed E-state index contributed by atoms with van der Waals surface area (Å²) in [6.45, 7) is 3.87. The van der Waals surface area contributed by atoms with E-state index in [1.54, 1.807) is 30.3 Å². The van der Waals surface area contributed by atoms with Crippen LogP contribution in [0.4, 0.5) is 5.69 Å². The Labute approximate surface area is 148 Å². The van der Waals surface area contributed by atoms with E-state index in [-0.39, 0.29) is 16.8 Å². The molecule has 0 bridgehead atoms. The molecule has 1 atom stereocenters. The van der Waals surface area contributed by atoms with Gasteiger partial charge in [-0.2, -0.15) is 0 Å². The van der Waals surface area contributed by atoms with Crippen LogP contribution in [0.1, 0.15) is 35.7 Å². The Morgan fingerprint density at radius 3 is 2.52 bits per heavy atom. The van der Waals surface area contributed by atoms with Gasteiger partial charge >= 0.3 is 0 Å². The molecule has 0 unspecified atom stereocenters. The fraction of sp³-hybridized carbons (Fsp3) is 0.316. The zero-order valence-corrected chi connectivity index (χ0v) is 15.1. The summed E-state index contributed by atoms with van der Waals surface area (Å²) in [4.78, 5) is 12.4. The molecule has 0 aliphatic heterocycles. The highest BCUT2D eigenvalue weighted by Gasteiger charge is 2.29. The summed E-state index contributed by atoms with van der Waals surface area (Å²) in [6.07, 6.45) is 2.27. The summed E-state index contributed by atoms with van der Waals surface area (Å²) in [5, 5.41) is 2.94. The van der Waals surface area contributed by atoms with Crippen LogP contribution in [0.2, 0.25) is 0 Å². The topological polar surface area (TPSA) is 75.3 Å². The summed E-state index contributed by atoms with van der Waals surface area (Å²) >= 11 is 0. The van der Waals surface area contributed by atoms with Crippen molar-refractivity contribution in [1.82, 2.24) is 5.32 Å². The number of anilines is 1. The average molecular weight is 358 g/mol. The molecule has 1 fully saturated rings. The lowest BCUT2D eigenvalue weighted by Crippen LogP contribution is -2.34. The highest BCUT2D eigenvalue weighted by atomic mass is 32.2. The molecule has 132 valence electrons. The van der Waals surface area contributed by atoms with Gasteiger partial charge in [0.15, 0.2) is 0 Å². The largest absolute Gasteiger partial charge is 0.349 e. The van der Waals surface area contributed by atoms with Crippen molar-refractivity contribution in [3.8, 4) is 0 Å². The van der Waals surface area contributed by atoms with E-state index < -0.39 is 10.0 Å². The predicted molar refractivity (Wildman–Crippen MR) is 98.1 cm³/mol. The van der Waals surface area contributed by atoms with Gasteiger partial charge < -0.3 is 5.32 Å². The van der Waals surface area contributed by atoms with Crippen molar-refractivity contribution in [1.29, 1.82) is 0 Å². The Kier molecular flexibility index (Phi) is 4.81. The first-order chi connectivity index (χ1) is 11.8. The molecule has 2 aromatic rings. The molecular formula is C19H22N2O3S. The maximum absolute atomic E-state index is 12.6. The van der Waals surface area contributed by atoms with Crippen molar-refractivity contribution in [2.45, 2.75) is 37.6 Å². The van der Waals surface area contributed by atoms with Crippen molar-refractivity contribution in [2.75, 3.05) is 4.72 Å². The number of sulfonamides is 1. The van der Waals surface area contributed by atoms with Crippen LogP contribution in [-0.2, 0) is 10.0 Å². The number of rotatable bonds is 6. The lowest BCUT2D eigenvalue weighted by molar-refractivity contribution is 0.0935. The van der Waals surface area contributed by atoms with Crippen LogP contribution >= 0.6 is 0 Å². The van der Waals surface area contributed by atoms with Crippen molar-refractivity contribution in [2.24, 2.45) is 5.92 Å². The standard InChI is InChI=1S/C19H22N2O3S/c1-13-5-3-7-17(11-13)21-25(23,24)18-8-4-6-16(12-18)19(22)20-14(2)15-9-10-15/h3-8,11-12,14-15,21H,9-10H2,1-2H3,(H,20,22)/t14-/m1/s1. The van der Waals surface area contributed by atoms with E-state index >= 15 is 0 Å². The van der Waals surface area contributed by atoms with E-state index in [2.05, 4.69) is 10.0 Å². The quantitative estimate of drug-likeness (QED) is 0.832. The highest BCUT2D eigenvalue weighted by molar-refractivity contribution is 7.92. The van der Waals surface area contributed by atoms with Crippen LogP contribution in [0.3, 0.4) is 0 Å². The first-order valence-corrected chi connectivity index (χ1v) is 9.84. The fourth-order valence-electron chi connectivity index (χ4n) is 2.73. The Morgan fingerprint density at radius 1 is 1.12 bits per heavy atom. The molecule has 3 rings (SSSR count). The number of nitrogens with one attached hydrogen (secondary N) is 2. The van der Waals surface area contributed by atoms with E-state index in [1.807, 2.05) is 19.9 Å². The van der Waals surface area contributed by atoms with Crippen LogP contribution in [0.5, 0.6) is 0 Å². The second-order valence-corrected chi connectivity index (χ2v) is 8.28. The molecule has 1 amide bonds. The third kappa shape index (κ3) is 4.39. The molecule has 6 heteroatoms. The van der Waals surface area contributed by atoms with Gasteiger partial charge in [-0.1, -0.05) is 18.2 Å². The van der Waals surface area contributed by atoms with Gasteiger partial charge in [0.25, 0.3) is 15.9 Å². The summed E-state index contributed by atoms with van der Waals surface area (Å²) in [5.74, 6) is 0.297. The van der Waals surface area contributed by atoms with Crippen molar-refractivity contribution in [3.05, 3.63) is 59.7 Å². The lowest BCUT2D eigenvalue weighted by atomic mass is 10.1. The van der Waals surface area contributed by atoms with Gasteiger partial charge in [0.2, 0.25) is 0 Å². The van der Waals surface area contributed by atoms with Gasteiger partial charge in [-0.3, -0.25) is 9.52 Å². The molecular weight excluding hydrogens is 336 g/mol. The van der Waals surface area contributed by atoms with Crippen LogP contribution < -0.4 is 10.0 Å². The van der Waals surface area contributed by atoms with Gasteiger partial charge in [-0.15, -0.1) is 0 Å². The molecule has 2 N–H and O–H groups in total. The second-order valence-electron chi connectivity index (χ2n) is 6.60. The van der Waals surface area contributed by atoms with Gasteiger partial charge in [-0.25, -0.2) is 8.42 Å². The highest BCUT2D eigenvalue weighted by Crippen LogP contribution is 2.32. The molecule has 0 aromatic heterocycles. The Morgan fingerprint density at radius 2 is 1.84 bits per heavy atom. The smallest absolute Gasteiger partial charge is 0.261 e. The van der Waals surface area contributed by atoms with E-state index in [0.717, 1.165) is 18.4 Å². The first-order valence-electron chi connectivity index (χ1n) is 8.35. The number of carbonyl (C=O) groups is 1. The minimum atomic E-state index is -3.75. The summed E-state index contributed by atoms with van der Waals surface area (Å²) < 4.78 is 27.7. The molecule has 1 aliphatic rings. The molecule has 0 heterocycles. The summed E-state index contributed by atoms with van der Waals surface area (Å²) in [7, 11) is -3.75. The molecule has 0 saturated heterocycles. The Hall–Kier alpha value is -2.34. The number of amides is 1. The van der Waals surface area contributed by atoms with Gasteiger partial charge in [0.05, 0.1) is 4.90 Å². The van der Waals surface area contributed by atoms with E-state index in [0.29, 0.717) is 17.2 Å². The molecule has 0 radical (unpaired) electrons. The number of aryl methyl sites for hydroxylation is 1. The molecule has 25 heavy (non-hydrogen) atoms. The normalized spacial score (nSPS) is 15.4. The molecule has 2 aromatic carbocycles. The minimum absolute atomic E-state index is 0.0701. The van der Waals surface area contributed by atoms with Crippen LogP contribution in [0.25, 0.3) is 0 Å². The van der Waals surface area contributed by atoms with E-state index in [4.69, 9.17) is 0 Å². The minimum Gasteiger partial charge on any atom is -0.349 e. The van der Waals surface area contributed by atoms with Crippen LogP contribution in [0, 0.1) is 12.8 Å². The monoisotopic (exact) mass is 358 g/mol. The molecule has 1 saturated carbocycles. The van der Waals surface area contributed by atoms with Crippen molar-refractivity contribution >= 4 is 21.6 Å². The number of hydrogen-bond acceptors (Lipinski definition) is 3. The summed E-state index contributed by atoms with van der Waals surface area (Å²) in [6, 6.07) is 13.3.